The van der Waals surface area contributed by atoms with Gasteiger partial charge in [-0.3, -0.25) is 9.69 Å². The molecule has 0 radical (unpaired) electrons. The number of hydrogen-bond acceptors (Lipinski definition) is 4. The van der Waals surface area contributed by atoms with Gasteiger partial charge in [0.2, 0.25) is 0 Å². The van der Waals surface area contributed by atoms with E-state index in [0.717, 1.165) is 37.2 Å². The second-order valence-electron chi connectivity index (χ2n) is 4.97. The van der Waals surface area contributed by atoms with Gasteiger partial charge in [0.1, 0.15) is 0 Å². The summed E-state index contributed by atoms with van der Waals surface area (Å²) in [5.74, 6) is 0.569. The van der Waals surface area contributed by atoms with Crippen molar-refractivity contribution in [1.29, 1.82) is 0 Å². The molecule has 1 N–H and O–H groups in total. The summed E-state index contributed by atoms with van der Waals surface area (Å²) in [5.41, 5.74) is 0. The van der Waals surface area contributed by atoms with Crippen LogP contribution >= 0.6 is 11.3 Å². The van der Waals surface area contributed by atoms with E-state index in [1.54, 1.807) is 11.3 Å². The first kappa shape index (κ1) is 13.7. The zero-order chi connectivity index (χ0) is 13.0. The highest BCUT2D eigenvalue weighted by Gasteiger charge is 2.21. The van der Waals surface area contributed by atoms with E-state index >= 15 is 0 Å². The van der Waals surface area contributed by atoms with Crippen LogP contribution in [0.25, 0.3) is 0 Å². The van der Waals surface area contributed by atoms with Crippen molar-refractivity contribution in [1.82, 2.24) is 4.90 Å². The van der Waals surface area contributed by atoms with E-state index in [9.17, 15) is 9.90 Å². The highest BCUT2D eigenvalue weighted by molar-refractivity contribution is 7.14. The van der Waals surface area contributed by atoms with E-state index in [1.165, 1.54) is 4.88 Å². The van der Waals surface area contributed by atoms with Crippen LogP contribution in [0.3, 0.4) is 0 Å². The predicted octanol–water partition coefficient (Wildman–Crippen LogP) is 2.20. The van der Waals surface area contributed by atoms with Crippen LogP contribution in [0.15, 0.2) is 12.1 Å². The molecule has 0 bridgehead atoms. The SMILES string of the molecule is CCc1ccc(C(=O)CN2CCCC(CO)C2)s1. The maximum atomic E-state index is 12.1. The van der Waals surface area contributed by atoms with Gasteiger partial charge in [-0.25, -0.2) is 0 Å². The number of ketones is 1. The largest absolute Gasteiger partial charge is 0.396 e. The van der Waals surface area contributed by atoms with Crippen molar-refractivity contribution in [3.05, 3.63) is 21.9 Å². The van der Waals surface area contributed by atoms with Crippen molar-refractivity contribution in [2.24, 2.45) is 5.92 Å². The molecule has 2 rings (SSSR count). The molecule has 4 heteroatoms. The number of likely N-dealkylation sites (tertiary alicyclic amines) is 1. The average Bonchev–Trinajstić information content (AvgIpc) is 2.88. The number of thiophene rings is 1. The summed E-state index contributed by atoms with van der Waals surface area (Å²) in [6.45, 7) is 4.68. The van der Waals surface area contributed by atoms with E-state index in [-0.39, 0.29) is 12.4 Å². The molecule has 1 aromatic rings. The topological polar surface area (TPSA) is 40.5 Å². The Morgan fingerprint density at radius 3 is 3.06 bits per heavy atom. The molecule has 0 saturated carbocycles. The number of nitrogens with zero attached hydrogens (tertiary/aromatic N) is 1. The molecule has 1 unspecified atom stereocenters. The molecule has 18 heavy (non-hydrogen) atoms. The van der Waals surface area contributed by atoms with Crippen molar-refractivity contribution < 1.29 is 9.90 Å². The summed E-state index contributed by atoms with van der Waals surface area (Å²) in [6.07, 6.45) is 3.16. The maximum Gasteiger partial charge on any atom is 0.186 e. The van der Waals surface area contributed by atoms with Crippen molar-refractivity contribution in [2.75, 3.05) is 26.2 Å². The Balaban J connectivity index is 1.90. The maximum absolute atomic E-state index is 12.1. The Labute approximate surface area is 112 Å². The minimum absolute atomic E-state index is 0.221. The lowest BCUT2D eigenvalue weighted by Gasteiger charge is -2.30. The van der Waals surface area contributed by atoms with E-state index in [1.807, 2.05) is 12.1 Å². The van der Waals surface area contributed by atoms with Crippen LogP contribution in [0.5, 0.6) is 0 Å². The van der Waals surface area contributed by atoms with Gasteiger partial charge in [-0.05, 0) is 43.9 Å². The van der Waals surface area contributed by atoms with Gasteiger partial charge in [-0.2, -0.15) is 0 Å². The lowest BCUT2D eigenvalue weighted by atomic mass is 9.99. The molecule has 100 valence electrons. The molecule has 1 aliphatic heterocycles. The Kier molecular flexibility index (Phi) is 4.92. The number of carbonyl (C=O) groups is 1. The molecule has 3 nitrogen and oxygen atoms in total. The number of hydrogen-bond donors (Lipinski definition) is 1. The van der Waals surface area contributed by atoms with Crippen LogP contribution in [-0.2, 0) is 6.42 Å². The normalized spacial score (nSPS) is 21.1. The molecule has 0 spiro atoms. The molecule has 0 aliphatic carbocycles. The second kappa shape index (κ2) is 6.45. The van der Waals surface area contributed by atoms with Gasteiger partial charge in [0, 0.05) is 18.0 Å². The summed E-state index contributed by atoms with van der Waals surface area (Å²) in [5, 5.41) is 9.19. The quantitative estimate of drug-likeness (QED) is 0.831. The lowest BCUT2D eigenvalue weighted by molar-refractivity contribution is 0.0837. The number of carbonyl (C=O) groups excluding carboxylic acids is 1. The summed E-state index contributed by atoms with van der Waals surface area (Å²) in [4.78, 5) is 16.5. The van der Waals surface area contributed by atoms with Gasteiger partial charge in [0.15, 0.2) is 5.78 Å². The average molecular weight is 267 g/mol. The van der Waals surface area contributed by atoms with Gasteiger partial charge < -0.3 is 5.11 Å². The predicted molar refractivity (Wildman–Crippen MR) is 74.3 cm³/mol. The number of rotatable bonds is 5. The summed E-state index contributed by atoms with van der Waals surface area (Å²) in [7, 11) is 0. The first-order valence-corrected chi connectivity index (χ1v) is 7.49. The van der Waals surface area contributed by atoms with Crippen molar-refractivity contribution in [3.8, 4) is 0 Å². The highest BCUT2D eigenvalue weighted by Crippen LogP contribution is 2.20. The first-order chi connectivity index (χ1) is 8.72. The van der Waals surface area contributed by atoms with Crippen LogP contribution in [0, 0.1) is 5.92 Å². The summed E-state index contributed by atoms with van der Waals surface area (Å²) < 4.78 is 0. The minimum Gasteiger partial charge on any atom is -0.396 e. The molecule has 1 fully saturated rings. The lowest BCUT2D eigenvalue weighted by Crippen LogP contribution is -2.39. The van der Waals surface area contributed by atoms with Crippen molar-refractivity contribution in [2.45, 2.75) is 26.2 Å². The van der Waals surface area contributed by atoms with Crippen molar-refractivity contribution in [3.63, 3.8) is 0 Å². The molecule has 1 atom stereocenters. The summed E-state index contributed by atoms with van der Waals surface area (Å²) in [6, 6.07) is 3.99. The van der Waals surface area contributed by atoms with Gasteiger partial charge >= 0.3 is 0 Å². The molecule has 1 aliphatic rings. The standard InChI is InChI=1S/C14H21NO2S/c1-2-12-5-6-14(18-12)13(17)9-15-7-3-4-11(8-15)10-16/h5-6,11,16H,2-4,7-10H2,1H3. The molecular weight excluding hydrogens is 246 g/mol. The van der Waals surface area contributed by atoms with E-state index in [0.29, 0.717) is 12.5 Å². The Morgan fingerprint density at radius 2 is 2.39 bits per heavy atom. The van der Waals surface area contributed by atoms with Crippen LogP contribution in [-0.4, -0.2) is 42.0 Å². The zero-order valence-corrected chi connectivity index (χ0v) is 11.7. The molecular formula is C14H21NO2S. The fourth-order valence-electron chi connectivity index (χ4n) is 2.44. The number of aliphatic hydroxyl groups excluding tert-OH is 1. The molecule has 1 aromatic heterocycles. The number of Topliss-reactive ketones (excluding diaryl/α,β-unsaturated/α-hetero) is 1. The fraction of sp³-hybridized carbons (Fsp3) is 0.643. The van der Waals surface area contributed by atoms with E-state index in [2.05, 4.69) is 11.8 Å². The Bertz CT molecular complexity index is 402. The van der Waals surface area contributed by atoms with Crippen LogP contribution in [0.4, 0.5) is 0 Å². The monoisotopic (exact) mass is 267 g/mol. The van der Waals surface area contributed by atoms with Gasteiger partial charge in [-0.1, -0.05) is 6.92 Å². The molecule has 0 amide bonds. The molecule has 2 heterocycles. The van der Waals surface area contributed by atoms with Crippen molar-refractivity contribution >= 4 is 17.1 Å². The fourth-order valence-corrected chi connectivity index (χ4v) is 3.32. The first-order valence-electron chi connectivity index (χ1n) is 6.68. The van der Waals surface area contributed by atoms with Gasteiger partial charge in [-0.15, -0.1) is 11.3 Å². The Morgan fingerprint density at radius 1 is 1.56 bits per heavy atom. The highest BCUT2D eigenvalue weighted by atomic mass is 32.1. The number of piperidine rings is 1. The van der Waals surface area contributed by atoms with Gasteiger partial charge in [0.05, 0.1) is 11.4 Å². The third-order valence-electron chi connectivity index (χ3n) is 3.51. The second-order valence-corrected chi connectivity index (χ2v) is 6.14. The number of aliphatic hydroxyl groups is 1. The molecule has 1 saturated heterocycles. The smallest absolute Gasteiger partial charge is 0.186 e. The van der Waals surface area contributed by atoms with E-state index in [4.69, 9.17) is 0 Å². The third kappa shape index (κ3) is 3.40. The summed E-state index contributed by atoms with van der Waals surface area (Å²) >= 11 is 1.61. The number of aryl methyl sites for hydroxylation is 1. The minimum atomic E-state index is 0.221. The molecule has 0 aromatic carbocycles. The van der Waals surface area contributed by atoms with E-state index < -0.39 is 0 Å². The third-order valence-corrected chi connectivity index (χ3v) is 4.78. The zero-order valence-electron chi connectivity index (χ0n) is 10.9. The van der Waals surface area contributed by atoms with Crippen LogP contribution in [0.2, 0.25) is 0 Å². The Hall–Kier alpha value is -0.710. The van der Waals surface area contributed by atoms with Crippen LogP contribution in [0.1, 0.15) is 34.3 Å². The van der Waals surface area contributed by atoms with Gasteiger partial charge in [0.25, 0.3) is 0 Å². The van der Waals surface area contributed by atoms with Crippen LogP contribution < -0.4 is 0 Å².